The standard InChI is InChI=1S/C13H24N2O2/c1-13(14-2,12(16)17)6-3-7-15-9-10-4-5-11(15)8-10/h10-11,14H,3-9H2,1-2H3,(H,16,17). The van der Waals surface area contributed by atoms with E-state index in [1.54, 1.807) is 14.0 Å². The molecule has 2 rings (SSSR count). The lowest BCUT2D eigenvalue weighted by molar-refractivity contribution is -0.144. The number of aliphatic carboxylic acids is 1. The van der Waals surface area contributed by atoms with E-state index in [4.69, 9.17) is 5.11 Å². The summed E-state index contributed by atoms with van der Waals surface area (Å²) >= 11 is 0. The van der Waals surface area contributed by atoms with E-state index in [2.05, 4.69) is 10.2 Å². The fraction of sp³-hybridized carbons (Fsp3) is 0.923. The van der Waals surface area contributed by atoms with Gasteiger partial charge in [0.1, 0.15) is 5.54 Å². The van der Waals surface area contributed by atoms with Crippen LogP contribution in [0.15, 0.2) is 0 Å². The lowest BCUT2D eigenvalue weighted by Gasteiger charge is -2.29. The number of likely N-dealkylation sites (tertiary alicyclic amines) is 1. The average Bonchev–Trinajstić information content (AvgIpc) is 2.90. The molecule has 3 unspecified atom stereocenters. The molecule has 2 bridgehead atoms. The van der Waals surface area contributed by atoms with Crippen LogP contribution in [0.3, 0.4) is 0 Å². The molecule has 98 valence electrons. The molecule has 3 atom stereocenters. The summed E-state index contributed by atoms with van der Waals surface area (Å²) in [5.41, 5.74) is -0.765. The van der Waals surface area contributed by atoms with E-state index in [0.717, 1.165) is 24.9 Å². The molecule has 1 aliphatic heterocycles. The second-order valence-electron chi connectivity index (χ2n) is 5.82. The Kier molecular flexibility index (Phi) is 3.73. The monoisotopic (exact) mass is 240 g/mol. The second-order valence-corrected chi connectivity index (χ2v) is 5.82. The van der Waals surface area contributed by atoms with Crippen LogP contribution < -0.4 is 5.32 Å². The number of fused-ring (bicyclic) bond motifs is 2. The molecular formula is C13H24N2O2. The molecule has 1 saturated heterocycles. The summed E-state index contributed by atoms with van der Waals surface area (Å²) in [5, 5.41) is 12.1. The Hall–Kier alpha value is -0.610. The van der Waals surface area contributed by atoms with Crippen molar-refractivity contribution in [1.82, 2.24) is 10.2 Å². The second kappa shape index (κ2) is 4.94. The van der Waals surface area contributed by atoms with Crippen LogP contribution in [0, 0.1) is 5.92 Å². The van der Waals surface area contributed by atoms with Crippen molar-refractivity contribution in [2.45, 2.75) is 50.6 Å². The molecule has 0 aromatic rings. The highest BCUT2D eigenvalue weighted by atomic mass is 16.4. The summed E-state index contributed by atoms with van der Waals surface area (Å²) < 4.78 is 0. The van der Waals surface area contributed by atoms with Gasteiger partial charge in [0, 0.05) is 12.6 Å². The number of carbonyl (C=O) groups is 1. The number of hydrogen-bond donors (Lipinski definition) is 2. The summed E-state index contributed by atoms with van der Waals surface area (Å²) in [4.78, 5) is 13.7. The van der Waals surface area contributed by atoms with Gasteiger partial charge in [-0.05, 0) is 58.5 Å². The molecular weight excluding hydrogens is 216 g/mol. The number of nitrogens with one attached hydrogen (secondary N) is 1. The van der Waals surface area contributed by atoms with Crippen LogP contribution in [0.1, 0.15) is 39.0 Å². The number of rotatable bonds is 6. The van der Waals surface area contributed by atoms with Gasteiger partial charge < -0.3 is 15.3 Å². The number of hydrogen-bond acceptors (Lipinski definition) is 3. The smallest absolute Gasteiger partial charge is 0.323 e. The largest absolute Gasteiger partial charge is 0.480 e. The third-order valence-corrected chi connectivity index (χ3v) is 4.67. The maximum atomic E-state index is 11.1. The van der Waals surface area contributed by atoms with E-state index in [9.17, 15) is 4.79 Å². The first kappa shape index (κ1) is 12.8. The van der Waals surface area contributed by atoms with Crippen LogP contribution in [0.2, 0.25) is 0 Å². The number of piperidine rings is 1. The summed E-state index contributed by atoms with van der Waals surface area (Å²) in [6, 6.07) is 0.797. The Morgan fingerprint density at radius 1 is 1.53 bits per heavy atom. The fourth-order valence-electron chi connectivity index (χ4n) is 3.28. The third kappa shape index (κ3) is 2.63. The summed E-state index contributed by atoms with van der Waals surface area (Å²) in [5.74, 6) is 0.179. The number of carboxylic acids is 1. The predicted molar refractivity (Wildman–Crippen MR) is 67.0 cm³/mol. The minimum absolute atomic E-state index is 0.701. The zero-order chi connectivity index (χ0) is 12.5. The molecule has 17 heavy (non-hydrogen) atoms. The van der Waals surface area contributed by atoms with Crippen LogP contribution in [0.5, 0.6) is 0 Å². The van der Waals surface area contributed by atoms with Crippen molar-refractivity contribution in [2.24, 2.45) is 5.92 Å². The van der Waals surface area contributed by atoms with Gasteiger partial charge >= 0.3 is 5.97 Å². The highest BCUT2D eigenvalue weighted by Gasteiger charge is 2.38. The highest BCUT2D eigenvalue weighted by Crippen LogP contribution is 2.37. The maximum absolute atomic E-state index is 11.1. The van der Waals surface area contributed by atoms with Gasteiger partial charge in [0.25, 0.3) is 0 Å². The highest BCUT2D eigenvalue weighted by molar-refractivity contribution is 5.78. The quantitative estimate of drug-likeness (QED) is 0.735. The minimum Gasteiger partial charge on any atom is -0.480 e. The molecule has 2 N–H and O–H groups in total. The third-order valence-electron chi connectivity index (χ3n) is 4.67. The Morgan fingerprint density at radius 2 is 2.29 bits per heavy atom. The topological polar surface area (TPSA) is 52.6 Å². The molecule has 0 amide bonds. The van der Waals surface area contributed by atoms with Gasteiger partial charge in [-0.2, -0.15) is 0 Å². The SMILES string of the molecule is CNC(C)(CCCN1CC2CCC1C2)C(=O)O. The van der Waals surface area contributed by atoms with Crippen LogP contribution in [-0.2, 0) is 4.79 Å². The fourth-order valence-corrected chi connectivity index (χ4v) is 3.28. The molecule has 0 spiro atoms. The van der Waals surface area contributed by atoms with Crippen molar-refractivity contribution in [1.29, 1.82) is 0 Å². The van der Waals surface area contributed by atoms with Crippen molar-refractivity contribution in [3.8, 4) is 0 Å². The minimum atomic E-state index is -0.765. The zero-order valence-corrected chi connectivity index (χ0v) is 10.9. The van der Waals surface area contributed by atoms with Crippen LogP contribution >= 0.6 is 0 Å². The summed E-state index contributed by atoms with van der Waals surface area (Å²) in [7, 11) is 1.73. The lowest BCUT2D eigenvalue weighted by Crippen LogP contribution is -2.48. The van der Waals surface area contributed by atoms with Gasteiger partial charge in [0.05, 0.1) is 0 Å². The van der Waals surface area contributed by atoms with Gasteiger partial charge in [-0.1, -0.05) is 0 Å². The Labute approximate surface area is 103 Å². The average molecular weight is 240 g/mol. The van der Waals surface area contributed by atoms with E-state index in [-0.39, 0.29) is 0 Å². The summed E-state index contributed by atoms with van der Waals surface area (Å²) in [6.45, 7) is 4.07. The lowest BCUT2D eigenvalue weighted by atomic mass is 9.96. The Balaban J connectivity index is 1.74. The van der Waals surface area contributed by atoms with Crippen LogP contribution in [-0.4, -0.2) is 47.7 Å². The molecule has 4 heteroatoms. The molecule has 0 aromatic heterocycles. The summed E-state index contributed by atoms with van der Waals surface area (Å²) in [6.07, 6.45) is 5.80. The van der Waals surface area contributed by atoms with E-state index in [1.807, 2.05) is 0 Å². The number of likely N-dealkylation sites (N-methyl/N-ethyl adjacent to an activating group) is 1. The number of carboxylic acid groups (broad SMARTS) is 1. The molecule has 1 aliphatic carbocycles. The Morgan fingerprint density at radius 3 is 2.76 bits per heavy atom. The molecule has 2 aliphatic rings. The van der Waals surface area contributed by atoms with E-state index in [1.165, 1.54) is 25.8 Å². The van der Waals surface area contributed by atoms with Crippen LogP contribution in [0.4, 0.5) is 0 Å². The normalized spacial score (nSPS) is 31.6. The zero-order valence-electron chi connectivity index (χ0n) is 10.9. The molecule has 0 aromatic carbocycles. The Bertz CT molecular complexity index is 295. The van der Waals surface area contributed by atoms with Gasteiger partial charge in [-0.3, -0.25) is 4.79 Å². The molecule has 1 heterocycles. The van der Waals surface area contributed by atoms with Crippen molar-refractivity contribution in [3.05, 3.63) is 0 Å². The number of nitrogens with zero attached hydrogens (tertiary/aromatic N) is 1. The van der Waals surface area contributed by atoms with E-state index < -0.39 is 11.5 Å². The van der Waals surface area contributed by atoms with Crippen molar-refractivity contribution < 1.29 is 9.90 Å². The molecule has 0 radical (unpaired) electrons. The van der Waals surface area contributed by atoms with E-state index >= 15 is 0 Å². The molecule has 1 saturated carbocycles. The van der Waals surface area contributed by atoms with Gasteiger partial charge in [-0.15, -0.1) is 0 Å². The predicted octanol–water partition coefficient (Wildman–Crippen LogP) is 1.31. The van der Waals surface area contributed by atoms with Gasteiger partial charge in [0.15, 0.2) is 0 Å². The molecule has 4 nitrogen and oxygen atoms in total. The van der Waals surface area contributed by atoms with E-state index in [0.29, 0.717) is 6.42 Å². The van der Waals surface area contributed by atoms with Crippen molar-refractivity contribution in [2.75, 3.05) is 20.1 Å². The first-order valence-electron chi connectivity index (χ1n) is 6.71. The van der Waals surface area contributed by atoms with Gasteiger partial charge in [0.2, 0.25) is 0 Å². The van der Waals surface area contributed by atoms with Crippen molar-refractivity contribution >= 4 is 5.97 Å². The van der Waals surface area contributed by atoms with Crippen LogP contribution in [0.25, 0.3) is 0 Å². The first-order chi connectivity index (χ1) is 8.05. The van der Waals surface area contributed by atoms with Gasteiger partial charge in [-0.25, -0.2) is 0 Å². The first-order valence-corrected chi connectivity index (χ1v) is 6.71. The van der Waals surface area contributed by atoms with Crippen molar-refractivity contribution in [3.63, 3.8) is 0 Å². The maximum Gasteiger partial charge on any atom is 0.323 e. The molecule has 2 fully saturated rings.